The highest BCUT2D eigenvalue weighted by Crippen LogP contribution is 2.74. The summed E-state index contributed by atoms with van der Waals surface area (Å²) in [6, 6.07) is 0. The topological polar surface area (TPSA) is 295 Å². The van der Waals surface area contributed by atoms with Crippen molar-refractivity contribution in [3.63, 3.8) is 0 Å². The van der Waals surface area contributed by atoms with Gasteiger partial charge in [-0.3, -0.25) is 0 Å². The maximum absolute atomic E-state index is 12.3. The zero-order valence-corrected chi connectivity index (χ0v) is 43.0. The van der Waals surface area contributed by atoms with Crippen LogP contribution in [0.1, 0.15) is 113 Å². The van der Waals surface area contributed by atoms with Crippen molar-refractivity contribution in [1.82, 2.24) is 0 Å². The maximum Gasteiger partial charge on any atom is 0.187 e. The van der Waals surface area contributed by atoms with Gasteiger partial charge in [-0.25, -0.2) is 0 Å². The zero-order chi connectivity index (χ0) is 51.7. The number of allylic oxidation sites excluding steroid dienone is 1. The normalized spacial score (nSPS) is 58.8. The quantitative estimate of drug-likeness (QED) is 0.141. The Morgan fingerprint density at radius 2 is 1.17 bits per heavy atom. The molecule has 412 valence electrons. The Bertz CT molecular complexity index is 1940. The van der Waals surface area contributed by atoms with Gasteiger partial charge in [0.1, 0.15) is 79.4 Å². The molecule has 10 N–H and O–H groups in total. The highest BCUT2D eigenvalue weighted by Gasteiger charge is 2.71. The lowest BCUT2D eigenvalue weighted by Crippen LogP contribution is -2.67. The van der Waals surface area contributed by atoms with Crippen molar-refractivity contribution < 1.29 is 98.4 Å². The molecular formula is C52H84O20. The lowest BCUT2D eigenvalue weighted by Gasteiger charge is -2.63. The summed E-state index contributed by atoms with van der Waals surface area (Å²) in [6.07, 6.45) is -19.2. The fourth-order valence-corrected chi connectivity index (χ4v) is 16.1. The van der Waals surface area contributed by atoms with Gasteiger partial charge in [0.2, 0.25) is 0 Å². The Hall–Kier alpha value is -1.06. The number of ether oxygens (including phenoxy) is 10. The Morgan fingerprint density at radius 1 is 0.569 bits per heavy atom. The van der Waals surface area contributed by atoms with Crippen molar-refractivity contribution in [3.8, 4) is 0 Å². The number of aliphatic hydroxyl groups excluding tert-OH is 10. The zero-order valence-electron chi connectivity index (χ0n) is 43.0. The first-order valence-corrected chi connectivity index (χ1v) is 26.9. The van der Waals surface area contributed by atoms with Crippen molar-refractivity contribution in [2.75, 3.05) is 13.2 Å². The van der Waals surface area contributed by atoms with Gasteiger partial charge >= 0.3 is 0 Å². The lowest BCUT2D eigenvalue weighted by molar-refractivity contribution is -0.394. The number of rotatable bonds is 9. The Labute approximate surface area is 422 Å². The second kappa shape index (κ2) is 20.0. The van der Waals surface area contributed by atoms with E-state index < -0.39 is 141 Å². The van der Waals surface area contributed by atoms with Crippen molar-refractivity contribution in [1.29, 1.82) is 0 Å². The van der Waals surface area contributed by atoms with Crippen LogP contribution >= 0.6 is 0 Å². The van der Waals surface area contributed by atoms with E-state index in [2.05, 4.69) is 40.7 Å². The summed E-state index contributed by atoms with van der Waals surface area (Å²) in [6.45, 7) is 16.6. The molecule has 0 aromatic heterocycles. The minimum atomic E-state index is -1.85. The molecule has 0 amide bonds. The Kier molecular flexibility index (Phi) is 15.1. The lowest BCUT2D eigenvalue weighted by atomic mass is 9.41. The Morgan fingerprint density at radius 3 is 1.78 bits per heavy atom. The molecule has 9 fully saturated rings. The summed E-state index contributed by atoms with van der Waals surface area (Å²) in [4.78, 5) is 0. The third kappa shape index (κ3) is 8.82. The maximum atomic E-state index is 12.3. The number of fused-ring (bicyclic) bond motifs is 7. The van der Waals surface area contributed by atoms with Crippen molar-refractivity contribution in [2.45, 2.75) is 254 Å². The van der Waals surface area contributed by atoms with Crippen molar-refractivity contribution in [2.24, 2.45) is 45.8 Å². The smallest absolute Gasteiger partial charge is 0.187 e. The van der Waals surface area contributed by atoms with Crippen LogP contribution in [0.2, 0.25) is 0 Å². The van der Waals surface area contributed by atoms with Gasteiger partial charge in [0.25, 0.3) is 0 Å². The molecule has 4 aliphatic carbocycles. The molecular weight excluding hydrogens is 945 g/mol. The number of hydrogen-bond donors (Lipinski definition) is 10. The van der Waals surface area contributed by atoms with Crippen LogP contribution in [0.4, 0.5) is 0 Å². The second-order valence-corrected chi connectivity index (χ2v) is 24.6. The van der Waals surface area contributed by atoms with Crippen molar-refractivity contribution >= 4 is 0 Å². The average molecular weight is 1030 g/mol. The van der Waals surface area contributed by atoms with E-state index in [0.29, 0.717) is 42.4 Å². The molecule has 20 nitrogen and oxygen atoms in total. The first kappa shape index (κ1) is 54.3. The standard InChI is InChI=1S/C52H84O20/c1-21-9-16-52(63-20-21)22(2)32-28(72-52)18-31-50(7)13-10-26-17-27(11-14-49(26,6)30(50)12-15-51(31,32)8)67-48-44(71-46-39(60)36(57)34(55)24(4)65-46)41(62)43(29(19-53)68-48)70-47-40(61)37(58)42(25(5)66-47)69-45-38(59)35(56)33(54)23(3)64-45/h10,21-25,27-48,53-62H,9,11-20H2,1-8H3/t21-,22+,23+,24+,25+,27+,28+,29-,30-,31+,32+,33+,34?,35-,36-,37+,38+,39-,40-,41+,42+,43-,44-,45+,46+,47+,48-,49+,50-,51+,52-/m1/s1. The molecule has 10 aliphatic rings. The number of aliphatic hydroxyl groups is 10. The van der Waals surface area contributed by atoms with E-state index in [4.69, 9.17) is 47.4 Å². The van der Waals surface area contributed by atoms with E-state index in [-0.39, 0.29) is 22.3 Å². The molecule has 72 heavy (non-hydrogen) atoms. The molecule has 1 spiro atoms. The fraction of sp³-hybridized carbons (Fsp3) is 0.962. The van der Waals surface area contributed by atoms with E-state index >= 15 is 0 Å². The summed E-state index contributed by atoms with van der Waals surface area (Å²) in [5.41, 5.74) is 1.41. The van der Waals surface area contributed by atoms with Crippen LogP contribution in [0.25, 0.3) is 0 Å². The molecule has 6 heterocycles. The van der Waals surface area contributed by atoms with E-state index in [1.807, 2.05) is 0 Å². The fourth-order valence-electron chi connectivity index (χ4n) is 16.1. The third-order valence-electron chi connectivity index (χ3n) is 20.3. The molecule has 3 saturated carbocycles. The predicted octanol–water partition coefficient (Wildman–Crippen LogP) is 0.484. The third-order valence-corrected chi connectivity index (χ3v) is 20.3. The predicted molar refractivity (Wildman–Crippen MR) is 249 cm³/mol. The highest BCUT2D eigenvalue weighted by molar-refractivity contribution is 5.29. The van der Waals surface area contributed by atoms with Gasteiger partial charge in [-0.05, 0) is 112 Å². The molecule has 6 aliphatic heterocycles. The molecule has 0 aromatic carbocycles. The van der Waals surface area contributed by atoms with Gasteiger partial charge in [-0.1, -0.05) is 46.3 Å². The first-order valence-electron chi connectivity index (χ1n) is 26.9. The molecule has 10 rings (SSSR count). The van der Waals surface area contributed by atoms with Crippen LogP contribution < -0.4 is 0 Å². The van der Waals surface area contributed by atoms with E-state index in [9.17, 15) is 51.1 Å². The molecule has 20 heteroatoms. The Balaban J connectivity index is 0.846. The largest absolute Gasteiger partial charge is 0.394 e. The first-order chi connectivity index (χ1) is 34.0. The minimum Gasteiger partial charge on any atom is -0.394 e. The van der Waals surface area contributed by atoms with Gasteiger partial charge in [0.15, 0.2) is 30.9 Å². The average Bonchev–Trinajstić information content (AvgIpc) is 3.80. The highest BCUT2D eigenvalue weighted by atomic mass is 16.8. The summed E-state index contributed by atoms with van der Waals surface area (Å²) in [7, 11) is 0. The summed E-state index contributed by atoms with van der Waals surface area (Å²) < 4.78 is 62.4. The minimum absolute atomic E-state index is 0.0624. The number of hydrogen-bond acceptors (Lipinski definition) is 20. The monoisotopic (exact) mass is 1030 g/mol. The summed E-state index contributed by atoms with van der Waals surface area (Å²) in [5.74, 6) is 1.77. The van der Waals surface area contributed by atoms with Crippen LogP contribution in [0, 0.1) is 45.8 Å². The van der Waals surface area contributed by atoms with Crippen LogP contribution in [0.3, 0.4) is 0 Å². The molecule has 31 atom stereocenters. The van der Waals surface area contributed by atoms with E-state index in [0.717, 1.165) is 51.6 Å². The molecule has 6 saturated heterocycles. The molecule has 0 radical (unpaired) electrons. The van der Waals surface area contributed by atoms with Gasteiger partial charge in [0.05, 0.1) is 43.7 Å². The van der Waals surface area contributed by atoms with Gasteiger partial charge in [-0.2, -0.15) is 0 Å². The van der Waals surface area contributed by atoms with E-state index in [1.165, 1.54) is 26.3 Å². The molecule has 1 unspecified atom stereocenters. The SMILES string of the molecule is C[C@@H]1CC[C@@]2(OC1)O[C@H]1C[C@H]3[C@]4(C)CC=C5C[C@@H](O[C@@H]6O[C@H](CO)[C@@H](O[C@@H]7O[C@@H](C)[C@H](O[C@@H]8O[C@@H](C)[C@H](O)[C@@H](O)[C@@H]8O)[C@@H](O)[C@H]7O)[C@H](O)[C@H]6O[C@@H]6O[C@@H](C)C(O)[C@@H](O)[C@H]6O)CC[C@]5(C)[C@H]4CC[C@]3(C)[C@H]1[C@@H]2C. The van der Waals surface area contributed by atoms with Gasteiger partial charge < -0.3 is 98.4 Å². The summed E-state index contributed by atoms with van der Waals surface area (Å²) >= 11 is 0. The van der Waals surface area contributed by atoms with Gasteiger partial charge in [-0.15, -0.1) is 0 Å². The van der Waals surface area contributed by atoms with Crippen LogP contribution in [-0.4, -0.2) is 205 Å². The summed E-state index contributed by atoms with van der Waals surface area (Å²) in [5, 5.41) is 109. The molecule has 0 bridgehead atoms. The van der Waals surface area contributed by atoms with E-state index in [1.54, 1.807) is 0 Å². The van der Waals surface area contributed by atoms with Gasteiger partial charge in [0, 0.05) is 12.3 Å². The van der Waals surface area contributed by atoms with Crippen LogP contribution in [0.5, 0.6) is 0 Å². The second-order valence-electron chi connectivity index (χ2n) is 24.6. The van der Waals surface area contributed by atoms with Crippen molar-refractivity contribution in [3.05, 3.63) is 11.6 Å². The van der Waals surface area contributed by atoms with Crippen LogP contribution in [0.15, 0.2) is 11.6 Å². The molecule has 0 aromatic rings. The van der Waals surface area contributed by atoms with Crippen LogP contribution in [-0.2, 0) is 47.4 Å².